The first-order valence-electron chi connectivity index (χ1n) is 16.5. The molecule has 0 unspecified atom stereocenters. The lowest BCUT2D eigenvalue weighted by molar-refractivity contribution is -0.111. The number of rotatable bonds is 11. The summed E-state index contributed by atoms with van der Waals surface area (Å²) in [6, 6.07) is 35.5. The molecule has 6 aromatic rings. The molecule has 252 valence electrons. The quantitative estimate of drug-likeness (QED) is 0.135. The molecule has 0 atom stereocenters. The second-order valence-electron chi connectivity index (χ2n) is 12.2. The number of hydrogen-bond acceptors (Lipinski definition) is 7. The standard InChI is InChI=1S/C39H36F2N8O/c1-2-34(50)43-31-14-9-15-33(24-31)49-27-42-35-36(48(25-28-10-5-3-6-11-28)26-29-12-7-4-8-13-29)45-38(46-37(35)49)44-30-16-18-32(19-17-30)47-22-20-39(40,41)21-23-47/h2-19,24,27H,1,20-23,25-26H2,(H,43,50)(H,44,45,46). The van der Waals surface area contributed by atoms with Crippen LogP contribution < -0.4 is 20.4 Å². The number of hydrogen-bond donors (Lipinski definition) is 2. The molecule has 11 heteroatoms. The van der Waals surface area contributed by atoms with Crippen LogP contribution in [0.25, 0.3) is 16.9 Å². The van der Waals surface area contributed by atoms with Gasteiger partial charge in [-0.15, -0.1) is 0 Å². The van der Waals surface area contributed by atoms with Crippen LogP contribution in [0.3, 0.4) is 0 Å². The predicted molar refractivity (Wildman–Crippen MR) is 194 cm³/mol. The summed E-state index contributed by atoms with van der Waals surface area (Å²) in [4.78, 5) is 31.1. The molecule has 1 amide bonds. The van der Waals surface area contributed by atoms with Crippen molar-refractivity contribution in [1.82, 2.24) is 19.5 Å². The maximum atomic E-state index is 13.8. The number of benzene rings is 4. The summed E-state index contributed by atoms with van der Waals surface area (Å²) in [6.07, 6.45) is 2.64. The monoisotopic (exact) mass is 670 g/mol. The largest absolute Gasteiger partial charge is 0.371 e. The number of carbonyl (C=O) groups is 1. The van der Waals surface area contributed by atoms with Gasteiger partial charge in [-0.1, -0.05) is 73.3 Å². The normalized spacial score (nSPS) is 13.9. The van der Waals surface area contributed by atoms with Crippen LogP contribution in [0.1, 0.15) is 24.0 Å². The molecule has 1 aliphatic heterocycles. The number of anilines is 5. The van der Waals surface area contributed by atoms with Gasteiger partial charge in [0.15, 0.2) is 17.0 Å². The summed E-state index contributed by atoms with van der Waals surface area (Å²) in [5.74, 6) is -1.91. The third-order valence-electron chi connectivity index (χ3n) is 8.67. The first-order valence-corrected chi connectivity index (χ1v) is 16.5. The molecule has 9 nitrogen and oxygen atoms in total. The molecule has 1 aliphatic rings. The number of alkyl halides is 2. The number of halogens is 2. The van der Waals surface area contributed by atoms with Crippen molar-refractivity contribution in [2.45, 2.75) is 31.9 Å². The molecule has 0 bridgehead atoms. The van der Waals surface area contributed by atoms with Crippen LogP contribution in [-0.2, 0) is 17.9 Å². The van der Waals surface area contributed by atoms with Crippen molar-refractivity contribution >= 4 is 45.9 Å². The first-order chi connectivity index (χ1) is 24.3. The fourth-order valence-electron chi connectivity index (χ4n) is 6.07. The molecule has 0 aliphatic carbocycles. The lowest BCUT2D eigenvalue weighted by Crippen LogP contribution is -2.39. The Hall–Kier alpha value is -6.10. The van der Waals surface area contributed by atoms with E-state index in [1.807, 2.05) is 88.3 Å². The molecular weight excluding hydrogens is 634 g/mol. The number of nitrogens with zero attached hydrogens (tertiary/aromatic N) is 6. The summed E-state index contributed by atoms with van der Waals surface area (Å²) in [5.41, 5.74) is 6.40. The highest BCUT2D eigenvalue weighted by Gasteiger charge is 2.34. The third kappa shape index (κ3) is 7.46. The molecule has 2 aromatic heterocycles. The van der Waals surface area contributed by atoms with Crippen molar-refractivity contribution in [1.29, 1.82) is 0 Å². The fraction of sp³-hybridized carbons (Fsp3) is 0.179. The minimum Gasteiger partial charge on any atom is -0.371 e. The predicted octanol–water partition coefficient (Wildman–Crippen LogP) is 8.13. The Morgan fingerprint density at radius 2 is 1.48 bits per heavy atom. The van der Waals surface area contributed by atoms with E-state index in [1.54, 1.807) is 12.4 Å². The molecule has 4 aromatic carbocycles. The van der Waals surface area contributed by atoms with Crippen LogP contribution >= 0.6 is 0 Å². The van der Waals surface area contributed by atoms with Crippen LogP contribution in [0, 0.1) is 0 Å². The summed E-state index contributed by atoms with van der Waals surface area (Å²) in [6.45, 7) is 5.31. The van der Waals surface area contributed by atoms with Gasteiger partial charge in [0.1, 0.15) is 6.33 Å². The third-order valence-corrected chi connectivity index (χ3v) is 8.67. The molecule has 2 N–H and O–H groups in total. The Bertz CT molecular complexity index is 2050. The van der Waals surface area contributed by atoms with Gasteiger partial charge in [0.05, 0.1) is 5.69 Å². The van der Waals surface area contributed by atoms with Crippen molar-refractivity contribution in [3.63, 3.8) is 0 Å². The van der Waals surface area contributed by atoms with Crippen molar-refractivity contribution in [3.05, 3.63) is 139 Å². The van der Waals surface area contributed by atoms with Crippen molar-refractivity contribution in [2.24, 2.45) is 0 Å². The summed E-state index contributed by atoms with van der Waals surface area (Å²) in [5, 5.41) is 6.20. The molecule has 3 heterocycles. The van der Waals surface area contributed by atoms with Gasteiger partial charge in [-0.05, 0) is 59.7 Å². The molecule has 50 heavy (non-hydrogen) atoms. The van der Waals surface area contributed by atoms with E-state index in [0.717, 1.165) is 28.2 Å². The van der Waals surface area contributed by atoms with E-state index in [0.29, 0.717) is 54.8 Å². The van der Waals surface area contributed by atoms with Gasteiger partial charge in [0.2, 0.25) is 11.9 Å². The smallest absolute Gasteiger partial charge is 0.251 e. The van der Waals surface area contributed by atoms with E-state index in [2.05, 4.69) is 46.4 Å². The van der Waals surface area contributed by atoms with E-state index < -0.39 is 5.92 Å². The molecule has 0 saturated carbocycles. The molecule has 0 spiro atoms. The Labute approximate surface area is 288 Å². The van der Waals surface area contributed by atoms with Crippen molar-refractivity contribution in [3.8, 4) is 5.69 Å². The van der Waals surface area contributed by atoms with E-state index >= 15 is 0 Å². The zero-order valence-corrected chi connectivity index (χ0v) is 27.3. The highest BCUT2D eigenvalue weighted by atomic mass is 19.3. The SMILES string of the molecule is C=CC(=O)Nc1cccc(-n2cnc3c(N(Cc4ccccc4)Cc4ccccc4)nc(Nc4ccc(N5CCC(F)(F)CC5)cc4)nc32)c1. The Balaban J connectivity index is 1.29. The number of carbonyl (C=O) groups excluding carboxylic acids is 1. The molecule has 0 radical (unpaired) electrons. The van der Waals surface area contributed by atoms with Crippen LogP contribution in [0.2, 0.25) is 0 Å². The van der Waals surface area contributed by atoms with Crippen molar-refractivity contribution < 1.29 is 13.6 Å². The number of imidazole rings is 1. The molecule has 1 saturated heterocycles. The topological polar surface area (TPSA) is 91.2 Å². The maximum absolute atomic E-state index is 13.8. The summed E-state index contributed by atoms with van der Waals surface area (Å²) in [7, 11) is 0. The summed E-state index contributed by atoms with van der Waals surface area (Å²) >= 11 is 0. The number of aromatic nitrogens is 4. The van der Waals surface area contributed by atoms with Gasteiger partial charge >= 0.3 is 0 Å². The lowest BCUT2D eigenvalue weighted by Gasteiger charge is -2.33. The average Bonchev–Trinajstić information content (AvgIpc) is 3.56. The van der Waals surface area contributed by atoms with Gasteiger partial charge in [0.25, 0.3) is 5.92 Å². The average molecular weight is 671 g/mol. The van der Waals surface area contributed by atoms with Gasteiger partial charge in [-0.25, -0.2) is 13.8 Å². The number of fused-ring (bicyclic) bond motifs is 1. The zero-order chi connectivity index (χ0) is 34.5. The van der Waals surface area contributed by atoms with Gasteiger partial charge in [0, 0.05) is 56.1 Å². The van der Waals surface area contributed by atoms with Gasteiger partial charge < -0.3 is 20.4 Å². The van der Waals surface area contributed by atoms with E-state index in [4.69, 9.17) is 15.0 Å². The Kier molecular flexibility index (Phi) is 9.20. The van der Waals surface area contributed by atoms with Crippen molar-refractivity contribution in [2.75, 3.05) is 33.5 Å². The number of amides is 1. The highest BCUT2D eigenvalue weighted by molar-refractivity contribution is 5.99. The minimum absolute atomic E-state index is 0.149. The van der Waals surface area contributed by atoms with Gasteiger partial charge in [-0.3, -0.25) is 9.36 Å². The Morgan fingerprint density at radius 1 is 0.820 bits per heavy atom. The Morgan fingerprint density at radius 3 is 2.12 bits per heavy atom. The summed E-state index contributed by atoms with van der Waals surface area (Å²) < 4.78 is 29.4. The lowest BCUT2D eigenvalue weighted by atomic mass is 10.1. The van der Waals surface area contributed by atoms with Crippen LogP contribution in [0.15, 0.2) is 128 Å². The first kappa shape index (κ1) is 32.4. The fourth-order valence-corrected chi connectivity index (χ4v) is 6.07. The van der Waals surface area contributed by atoms with Crippen LogP contribution in [0.4, 0.5) is 37.6 Å². The van der Waals surface area contributed by atoms with E-state index in [1.165, 1.54) is 6.08 Å². The van der Waals surface area contributed by atoms with Crippen LogP contribution in [-0.4, -0.2) is 44.4 Å². The highest BCUT2D eigenvalue weighted by Crippen LogP contribution is 2.33. The molecular formula is C39H36F2N8O. The zero-order valence-electron chi connectivity index (χ0n) is 27.3. The maximum Gasteiger partial charge on any atom is 0.251 e. The second-order valence-corrected chi connectivity index (χ2v) is 12.2. The number of piperidine rings is 1. The van der Waals surface area contributed by atoms with E-state index in [9.17, 15) is 13.6 Å². The second kappa shape index (κ2) is 14.2. The van der Waals surface area contributed by atoms with Gasteiger partial charge in [-0.2, -0.15) is 9.97 Å². The van der Waals surface area contributed by atoms with E-state index in [-0.39, 0.29) is 18.7 Å². The molecule has 7 rings (SSSR count). The molecule has 1 fully saturated rings. The van der Waals surface area contributed by atoms with Crippen LogP contribution in [0.5, 0.6) is 0 Å². The number of nitrogens with one attached hydrogen (secondary N) is 2. The minimum atomic E-state index is -2.60.